The zero-order valence-corrected chi connectivity index (χ0v) is 16.2. The quantitative estimate of drug-likeness (QED) is 0.808. The molecule has 2 aliphatic heterocycles. The standard InChI is InChI=1S/C21H22N4O4/c1-13(19(26)22-11-15-9-6-10-29-15)25-12-16-17(20(25)27)18(23-21(28)24(16)2)14-7-4-3-5-8-14/h3-10,13,18H,11-12H2,1-2H3,(H,22,26)(H,23,28)/t13-,18-/m1/s1. The van der Waals surface area contributed by atoms with E-state index in [9.17, 15) is 14.4 Å². The molecule has 0 saturated carbocycles. The van der Waals surface area contributed by atoms with E-state index in [1.807, 2.05) is 30.3 Å². The second-order valence-electron chi connectivity index (χ2n) is 7.12. The monoisotopic (exact) mass is 394 g/mol. The minimum Gasteiger partial charge on any atom is -0.467 e. The normalized spacial score (nSPS) is 19.9. The number of likely N-dealkylation sites (N-methyl/N-ethyl adjacent to an activating group) is 1. The van der Waals surface area contributed by atoms with Crippen LogP contribution < -0.4 is 10.6 Å². The van der Waals surface area contributed by atoms with E-state index in [2.05, 4.69) is 10.6 Å². The maximum atomic E-state index is 13.2. The molecule has 0 bridgehead atoms. The van der Waals surface area contributed by atoms with Crippen LogP contribution in [0.4, 0.5) is 4.79 Å². The summed E-state index contributed by atoms with van der Waals surface area (Å²) < 4.78 is 5.22. The highest BCUT2D eigenvalue weighted by molar-refractivity contribution is 6.03. The van der Waals surface area contributed by atoms with E-state index in [1.54, 1.807) is 26.1 Å². The molecular weight excluding hydrogens is 372 g/mol. The molecule has 3 heterocycles. The molecule has 8 heteroatoms. The summed E-state index contributed by atoms with van der Waals surface area (Å²) in [6.07, 6.45) is 1.54. The highest BCUT2D eigenvalue weighted by Crippen LogP contribution is 2.36. The Labute approximate surface area is 168 Å². The maximum absolute atomic E-state index is 13.2. The number of benzene rings is 1. The molecule has 0 unspecified atom stereocenters. The molecule has 2 aromatic rings. The number of nitrogens with zero attached hydrogens (tertiary/aromatic N) is 2. The molecule has 8 nitrogen and oxygen atoms in total. The molecule has 0 spiro atoms. The summed E-state index contributed by atoms with van der Waals surface area (Å²) in [5.74, 6) is 0.100. The van der Waals surface area contributed by atoms with Gasteiger partial charge in [-0.15, -0.1) is 0 Å². The van der Waals surface area contributed by atoms with Gasteiger partial charge >= 0.3 is 6.03 Å². The van der Waals surface area contributed by atoms with Crippen LogP contribution in [0.3, 0.4) is 0 Å². The Morgan fingerprint density at radius 2 is 2.00 bits per heavy atom. The van der Waals surface area contributed by atoms with Gasteiger partial charge in [0.2, 0.25) is 5.91 Å². The number of rotatable bonds is 5. The number of hydrogen-bond acceptors (Lipinski definition) is 4. The minimum absolute atomic E-state index is 0.205. The summed E-state index contributed by atoms with van der Waals surface area (Å²) in [7, 11) is 1.63. The zero-order valence-electron chi connectivity index (χ0n) is 16.2. The topological polar surface area (TPSA) is 94.9 Å². The van der Waals surface area contributed by atoms with Crippen LogP contribution in [0.1, 0.15) is 24.3 Å². The molecule has 2 N–H and O–H groups in total. The third-order valence-electron chi connectivity index (χ3n) is 5.39. The Morgan fingerprint density at radius 3 is 2.69 bits per heavy atom. The van der Waals surface area contributed by atoms with E-state index >= 15 is 0 Å². The number of urea groups is 1. The Morgan fingerprint density at radius 1 is 1.24 bits per heavy atom. The fraction of sp³-hybridized carbons (Fsp3) is 0.286. The first-order valence-corrected chi connectivity index (χ1v) is 9.40. The van der Waals surface area contributed by atoms with Crippen molar-refractivity contribution in [2.45, 2.75) is 25.6 Å². The van der Waals surface area contributed by atoms with Crippen LogP contribution in [0.2, 0.25) is 0 Å². The third-order valence-corrected chi connectivity index (χ3v) is 5.39. The molecule has 0 radical (unpaired) electrons. The number of nitrogens with one attached hydrogen (secondary N) is 2. The predicted molar refractivity (Wildman–Crippen MR) is 104 cm³/mol. The summed E-state index contributed by atoms with van der Waals surface area (Å²) in [6.45, 7) is 2.13. The number of carbonyl (C=O) groups excluding carboxylic acids is 3. The summed E-state index contributed by atoms with van der Waals surface area (Å²) in [5.41, 5.74) is 1.95. The van der Waals surface area contributed by atoms with Gasteiger partial charge in [-0.2, -0.15) is 0 Å². The van der Waals surface area contributed by atoms with Crippen molar-refractivity contribution in [1.29, 1.82) is 0 Å². The first kappa shape index (κ1) is 18.8. The van der Waals surface area contributed by atoms with E-state index in [-0.39, 0.29) is 30.9 Å². The molecule has 2 atom stereocenters. The first-order chi connectivity index (χ1) is 14.0. The maximum Gasteiger partial charge on any atom is 0.322 e. The molecular formula is C21H22N4O4. The number of hydrogen-bond donors (Lipinski definition) is 2. The predicted octanol–water partition coefficient (Wildman–Crippen LogP) is 1.78. The van der Waals surface area contributed by atoms with Gasteiger partial charge in [0.05, 0.1) is 36.7 Å². The van der Waals surface area contributed by atoms with Crippen LogP contribution in [0.5, 0.6) is 0 Å². The molecule has 4 amide bonds. The highest BCUT2D eigenvalue weighted by atomic mass is 16.3. The lowest BCUT2D eigenvalue weighted by Gasteiger charge is -2.31. The van der Waals surface area contributed by atoms with Gasteiger partial charge in [-0.25, -0.2) is 4.79 Å². The van der Waals surface area contributed by atoms with Crippen molar-refractivity contribution < 1.29 is 18.8 Å². The van der Waals surface area contributed by atoms with Crippen LogP contribution in [0, 0.1) is 0 Å². The molecule has 0 fully saturated rings. The number of carbonyl (C=O) groups is 3. The van der Waals surface area contributed by atoms with Crippen molar-refractivity contribution in [2.75, 3.05) is 13.6 Å². The van der Waals surface area contributed by atoms with Gasteiger partial charge in [-0.05, 0) is 24.6 Å². The lowest BCUT2D eigenvalue weighted by Crippen LogP contribution is -2.46. The average Bonchev–Trinajstić information content (AvgIpc) is 3.37. The summed E-state index contributed by atoms with van der Waals surface area (Å²) in [6, 6.07) is 11.4. The molecule has 1 aromatic carbocycles. The van der Waals surface area contributed by atoms with Crippen molar-refractivity contribution in [2.24, 2.45) is 0 Å². The van der Waals surface area contributed by atoms with Gasteiger partial charge in [0.15, 0.2) is 0 Å². The minimum atomic E-state index is -0.692. The van der Waals surface area contributed by atoms with Gasteiger partial charge in [0.1, 0.15) is 11.8 Å². The third kappa shape index (κ3) is 3.37. The van der Waals surface area contributed by atoms with Gasteiger partial charge in [-0.3, -0.25) is 14.5 Å². The van der Waals surface area contributed by atoms with E-state index in [4.69, 9.17) is 4.42 Å². The molecule has 4 rings (SSSR count). The lowest BCUT2D eigenvalue weighted by atomic mass is 9.96. The van der Waals surface area contributed by atoms with Gasteiger partial charge < -0.3 is 20.0 Å². The Hall–Kier alpha value is -3.55. The fourth-order valence-electron chi connectivity index (χ4n) is 3.67. The van der Waals surface area contributed by atoms with Crippen molar-refractivity contribution in [1.82, 2.24) is 20.4 Å². The smallest absolute Gasteiger partial charge is 0.322 e. The van der Waals surface area contributed by atoms with Crippen molar-refractivity contribution in [3.05, 3.63) is 71.3 Å². The second-order valence-corrected chi connectivity index (χ2v) is 7.12. The van der Waals surface area contributed by atoms with Crippen LogP contribution in [0.15, 0.2) is 64.4 Å². The molecule has 1 aromatic heterocycles. The molecule has 29 heavy (non-hydrogen) atoms. The van der Waals surface area contributed by atoms with E-state index < -0.39 is 12.1 Å². The largest absolute Gasteiger partial charge is 0.467 e. The molecule has 2 aliphatic rings. The number of amides is 4. The summed E-state index contributed by atoms with van der Waals surface area (Å²) in [4.78, 5) is 41.2. The molecule has 0 aliphatic carbocycles. The van der Waals surface area contributed by atoms with E-state index in [0.717, 1.165) is 5.56 Å². The van der Waals surface area contributed by atoms with Crippen molar-refractivity contribution in [3.63, 3.8) is 0 Å². The SMILES string of the molecule is C[C@H](C(=O)NCc1ccco1)N1CC2=C(C1=O)[C@@H](c1ccccc1)NC(=O)N2C. The van der Waals surface area contributed by atoms with Gasteiger partial charge in [0.25, 0.3) is 5.91 Å². The Balaban J connectivity index is 1.55. The zero-order chi connectivity index (χ0) is 20.5. The Kier molecular flexibility index (Phi) is 4.84. The summed E-state index contributed by atoms with van der Waals surface area (Å²) in [5, 5.41) is 5.67. The van der Waals surface area contributed by atoms with E-state index in [0.29, 0.717) is 17.0 Å². The first-order valence-electron chi connectivity index (χ1n) is 9.40. The fourth-order valence-corrected chi connectivity index (χ4v) is 3.67. The van der Waals surface area contributed by atoms with E-state index in [1.165, 1.54) is 16.1 Å². The number of furan rings is 1. The average molecular weight is 394 g/mol. The molecule has 0 saturated heterocycles. The lowest BCUT2D eigenvalue weighted by molar-refractivity contribution is -0.135. The van der Waals surface area contributed by atoms with Crippen molar-refractivity contribution >= 4 is 17.8 Å². The van der Waals surface area contributed by atoms with Gasteiger partial charge in [-0.1, -0.05) is 30.3 Å². The second kappa shape index (κ2) is 7.46. The van der Waals surface area contributed by atoms with Crippen LogP contribution >= 0.6 is 0 Å². The highest BCUT2D eigenvalue weighted by Gasteiger charge is 2.45. The Bertz CT molecular complexity index is 968. The molecule has 150 valence electrons. The van der Waals surface area contributed by atoms with Crippen LogP contribution in [0.25, 0.3) is 0 Å². The van der Waals surface area contributed by atoms with Gasteiger partial charge in [0, 0.05) is 7.05 Å². The van der Waals surface area contributed by atoms with Crippen LogP contribution in [-0.4, -0.2) is 47.3 Å². The van der Waals surface area contributed by atoms with Crippen molar-refractivity contribution in [3.8, 4) is 0 Å². The summed E-state index contributed by atoms with van der Waals surface area (Å²) >= 11 is 0. The van der Waals surface area contributed by atoms with Crippen LogP contribution in [-0.2, 0) is 16.1 Å².